The third-order valence-electron chi connectivity index (χ3n) is 10.9. The summed E-state index contributed by atoms with van der Waals surface area (Å²) < 4.78 is 22.4. The van der Waals surface area contributed by atoms with E-state index in [2.05, 4.69) is 57.9 Å². The molecule has 1 aliphatic carbocycles. The Morgan fingerprint density at radius 2 is 1.43 bits per heavy atom. The fourth-order valence-corrected chi connectivity index (χ4v) is 7.54. The highest BCUT2D eigenvalue weighted by Crippen LogP contribution is 2.33. The molecular formula is C50H60N6O7. The number of aryl methyl sites for hydroxylation is 2. The monoisotopic (exact) mass is 856 g/mol. The molecule has 0 spiro atoms. The van der Waals surface area contributed by atoms with Crippen LogP contribution in [0.15, 0.2) is 110 Å². The van der Waals surface area contributed by atoms with E-state index in [1.165, 1.54) is 17.3 Å². The fourth-order valence-electron chi connectivity index (χ4n) is 7.54. The van der Waals surface area contributed by atoms with Gasteiger partial charge in [-0.1, -0.05) is 36.4 Å². The molecule has 0 saturated heterocycles. The highest BCUT2D eigenvalue weighted by Gasteiger charge is 2.23. The molecule has 5 aromatic rings. The van der Waals surface area contributed by atoms with Crippen LogP contribution >= 0.6 is 0 Å². The quantitative estimate of drug-likeness (QED) is 0.0504. The number of carbonyl (C=O) groups excluding carboxylic acids is 3. The minimum absolute atomic E-state index is 0.0437. The Hall–Kier alpha value is -5.99. The zero-order valence-electron chi connectivity index (χ0n) is 36.5. The van der Waals surface area contributed by atoms with Crippen LogP contribution in [-0.4, -0.2) is 100 Å². The maximum absolute atomic E-state index is 13.8. The van der Waals surface area contributed by atoms with Gasteiger partial charge in [0.2, 0.25) is 0 Å². The van der Waals surface area contributed by atoms with E-state index >= 15 is 0 Å². The van der Waals surface area contributed by atoms with Gasteiger partial charge in [-0.25, -0.2) is 0 Å². The van der Waals surface area contributed by atoms with E-state index in [1.54, 1.807) is 30.6 Å². The van der Waals surface area contributed by atoms with Gasteiger partial charge in [0.25, 0.3) is 17.7 Å². The second-order valence-electron chi connectivity index (χ2n) is 15.2. The molecule has 332 valence electrons. The summed E-state index contributed by atoms with van der Waals surface area (Å²) in [4.78, 5) is 50.3. The molecule has 0 bridgehead atoms. The largest absolute Gasteiger partial charge is 0.379 e. The highest BCUT2D eigenvalue weighted by atomic mass is 16.6. The SMILES string of the molecule is CCN(CC)c1ccc(NC(=O)c2cccc(CCCOCCOCCOCCOCCNC(=O)c3cccnc3)c2)c(-c2cc(C(=O)NC3CCCc4ccccc43)ccn2)c1. The van der Waals surface area contributed by atoms with Crippen molar-refractivity contribution in [3.05, 3.63) is 143 Å². The minimum atomic E-state index is -0.230. The molecule has 2 heterocycles. The van der Waals surface area contributed by atoms with Crippen LogP contribution in [0.3, 0.4) is 0 Å². The number of hydrogen-bond acceptors (Lipinski definition) is 10. The van der Waals surface area contributed by atoms with Gasteiger partial charge >= 0.3 is 0 Å². The summed E-state index contributed by atoms with van der Waals surface area (Å²) >= 11 is 0. The van der Waals surface area contributed by atoms with Crippen LogP contribution in [0.1, 0.15) is 86.9 Å². The molecule has 0 saturated carbocycles. The zero-order valence-corrected chi connectivity index (χ0v) is 36.5. The zero-order chi connectivity index (χ0) is 44.1. The third-order valence-corrected chi connectivity index (χ3v) is 10.9. The van der Waals surface area contributed by atoms with Crippen LogP contribution in [-0.2, 0) is 31.8 Å². The van der Waals surface area contributed by atoms with E-state index in [1.807, 2.05) is 54.6 Å². The molecule has 6 rings (SSSR count). The van der Waals surface area contributed by atoms with E-state index in [9.17, 15) is 14.4 Å². The number of nitrogens with zero attached hydrogens (tertiary/aromatic N) is 3. The second-order valence-corrected chi connectivity index (χ2v) is 15.2. The molecule has 63 heavy (non-hydrogen) atoms. The molecule has 3 amide bonds. The van der Waals surface area contributed by atoms with Gasteiger partial charge in [-0.2, -0.15) is 0 Å². The van der Waals surface area contributed by atoms with Gasteiger partial charge in [-0.15, -0.1) is 0 Å². The number of amides is 3. The Morgan fingerprint density at radius 1 is 0.698 bits per heavy atom. The smallest absolute Gasteiger partial charge is 0.255 e. The lowest BCUT2D eigenvalue weighted by Gasteiger charge is -2.26. The van der Waals surface area contributed by atoms with Gasteiger partial charge in [0, 0.05) is 67.2 Å². The number of rotatable bonds is 25. The molecule has 2 aromatic heterocycles. The van der Waals surface area contributed by atoms with Crippen molar-refractivity contribution in [3.8, 4) is 11.3 Å². The summed E-state index contributed by atoms with van der Waals surface area (Å²) in [5.74, 6) is -0.560. The minimum Gasteiger partial charge on any atom is -0.379 e. The first kappa shape index (κ1) is 46.5. The van der Waals surface area contributed by atoms with Crippen LogP contribution in [0, 0.1) is 0 Å². The summed E-state index contributed by atoms with van der Waals surface area (Å²) in [5, 5.41) is 9.20. The maximum Gasteiger partial charge on any atom is 0.255 e. The third kappa shape index (κ3) is 14.3. The van der Waals surface area contributed by atoms with Crippen molar-refractivity contribution in [2.24, 2.45) is 0 Å². The van der Waals surface area contributed by atoms with Crippen molar-refractivity contribution in [2.75, 3.05) is 82.7 Å². The maximum atomic E-state index is 13.8. The lowest BCUT2D eigenvalue weighted by atomic mass is 9.87. The van der Waals surface area contributed by atoms with Gasteiger partial charge in [-0.3, -0.25) is 24.4 Å². The first-order valence-corrected chi connectivity index (χ1v) is 22.1. The Morgan fingerprint density at radius 3 is 2.19 bits per heavy atom. The molecule has 3 aromatic carbocycles. The first-order valence-electron chi connectivity index (χ1n) is 22.1. The second kappa shape index (κ2) is 25.2. The molecule has 0 radical (unpaired) electrons. The summed E-state index contributed by atoms with van der Waals surface area (Å²) in [5.41, 5.74) is 8.04. The molecule has 13 heteroatoms. The Balaban J connectivity index is 0.922. The van der Waals surface area contributed by atoms with Gasteiger partial charge in [0.1, 0.15) is 0 Å². The van der Waals surface area contributed by atoms with E-state index < -0.39 is 0 Å². The average molecular weight is 857 g/mol. The van der Waals surface area contributed by atoms with E-state index in [0.29, 0.717) is 87.5 Å². The van der Waals surface area contributed by atoms with Gasteiger partial charge in [0.15, 0.2) is 0 Å². The number of anilines is 2. The molecular weight excluding hydrogens is 797 g/mol. The first-order chi connectivity index (χ1) is 30.9. The van der Waals surface area contributed by atoms with Crippen molar-refractivity contribution in [3.63, 3.8) is 0 Å². The molecule has 13 nitrogen and oxygen atoms in total. The average Bonchev–Trinajstić information content (AvgIpc) is 3.32. The molecule has 1 aliphatic rings. The number of benzene rings is 3. The number of aromatic nitrogens is 2. The van der Waals surface area contributed by atoms with Gasteiger partial charge in [0.05, 0.1) is 69.2 Å². The van der Waals surface area contributed by atoms with Gasteiger partial charge in [-0.05, 0) is 117 Å². The van der Waals surface area contributed by atoms with Crippen LogP contribution in [0.25, 0.3) is 11.3 Å². The van der Waals surface area contributed by atoms with E-state index in [0.717, 1.165) is 62.0 Å². The summed E-state index contributed by atoms with van der Waals surface area (Å²) in [6.07, 6.45) is 9.29. The summed E-state index contributed by atoms with van der Waals surface area (Å²) in [7, 11) is 0. The van der Waals surface area contributed by atoms with E-state index in [-0.39, 0.29) is 23.8 Å². The molecule has 3 N–H and O–H groups in total. The van der Waals surface area contributed by atoms with Crippen LogP contribution in [0.2, 0.25) is 0 Å². The van der Waals surface area contributed by atoms with E-state index in [4.69, 9.17) is 23.9 Å². The van der Waals surface area contributed by atoms with Crippen molar-refractivity contribution < 1.29 is 33.3 Å². The number of nitrogens with one attached hydrogen (secondary N) is 3. The fraction of sp³-hybridized carbons (Fsp3) is 0.380. The lowest BCUT2D eigenvalue weighted by molar-refractivity contribution is -0.00158. The van der Waals surface area contributed by atoms with Crippen molar-refractivity contribution in [1.29, 1.82) is 0 Å². The predicted octanol–water partition coefficient (Wildman–Crippen LogP) is 7.48. The number of fused-ring (bicyclic) bond motifs is 1. The van der Waals surface area contributed by atoms with Crippen molar-refractivity contribution >= 4 is 29.1 Å². The number of ether oxygens (including phenoxy) is 4. The molecule has 0 fully saturated rings. The molecule has 1 atom stereocenters. The summed E-state index contributed by atoms with van der Waals surface area (Å²) in [6.45, 7) is 9.94. The predicted molar refractivity (Wildman–Crippen MR) is 245 cm³/mol. The van der Waals surface area contributed by atoms with Crippen LogP contribution in [0.4, 0.5) is 11.4 Å². The summed E-state index contributed by atoms with van der Waals surface area (Å²) in [6, 6.07) is 28.9. The normalized spacial score (nSPS) is 13.2. The molecule has 1 unspecified atom stereocenters. The number of hydrogen-bond donors (Lipinski definition) is 3. The highest BCUT2D eigenvalue weighted by molar-refractivity contribution is 6.06. The van der Waals surface area contributed by atoms with Crippen LogP contribution < -0.4 is 20.9 Å². The van der Waals surface area contributed by atoms with Gasteiger partial charge < -0.3 is 39.8 Å². The number of pyridine rings is 2. The number of carbonyl (C=O) groups is 3. The van der Waals surface area contributed by atoms with Crippen LogP contribution in [0.5, 0.6) is 0 Å². The Kier molecular flexibility index (Phi) is 18.6. The standard InChI is InChI=1S/C50H60N6O7/c1-3-56(4-2)42-19-20-46(44(35-42)47-34-40(21-23-52-47)50(59)54-45-18-8-14-38-13-5-6-17-43(38)45)55-49(58)39-15-7-11-37(33-39)12-10-25-60-27-29-62-31-32-63-30-28-61-26-24-53-48(57)41-16-9-22-51-36-41/h5-7,9,11,13,15-17,19-23,33-36,45H,3-4,8,10,12,14,18,24-32H2,1-2H3,(H,53,57)(H,54,59)(H,55,58). The lowest BCUT2D eigenvalue weighted by Crippen LogP contribution is -2.31. The van der Waals surface area contributed by atoms with Crippen molar-refractivity contribution in [2.45, 2.75) is 52.0 Å². The Labute approximate surface area is 370 Å². The topological polar surface area (TPSA) is 153 Å². The molecule has 0 aliphatic heterocycles. The Bertz CT molecular complexity index is 2220. The van der Waals surface area contributed by atoms with Crippen molar-refractivity contribution in [1.82, 2.24) is 20.6 Å².